The minimum atomic E-state index is -3.40. The first-order valence-corrected chi connectivity index (χ1v) is 5.80. The van der Waals surface area contributed by atoms with Crippen molar-refractivity contribution in [2.75, 3.05) is 13.2 Å². The number of fused-ring (bicyclic) bond motifs is 1. The van der Waals surface area contributed by atoms with Crippen LogP contribution in [-0.2, 0) is 9.59 Å². The molecule has 1 aliphatic heterocycles. The summed E-state index contributed by atoms with van der Waals surface area (Å²) in [5.41, 5.74) is 0. The third kappa shape index (κ3) is 2.18. The van der Waals surface area contributed by atoms with Crippen LogP contribution in [-0.4, -0.2) is 40.9 Å². The summed E-state index contributed by atoms with van der Waals surface area (Å²) < 4.78 is 26.1. The number of hydrogen-bond donors (Lipinski definition) is 1. The highest BCUT2D eigenvalue weighted by molar-refractivity contribution is 6.05. The average Bonchev–Trinajstić information content (AvgIpc) is 2.55. The molecule has 1 saturated heterocycles. The molecule has 1 aliphatic carbocycles. The van der Waals surface area contributed by atoms with Crippen LogP contribution in [0.4, 0.5) is 8.78 Å². The lowest BCUT2D eigenvalue weighted by Crippen LogP contribution is -2.43. The Hall–Kier alpha value is -1.04. The van der Waals surface area contributed by atoms with E-state index >= 15 is 0 Å². The van der Waals surface area contributed by atoms with Crippen LogP contribution in [0.15, 0.2) is 0 Å². The summed E-state index contributed by atoms with van der Waals surface area (Å²) in [6.07, 6.45) is 2.95. The molecule has 4 nitrogen and oxygen atoms in total. The molecule has 1 saturated carbocycles. The zero-order valence-electron chi connectivity index (χ0n) is 9.36. The van der Waals surface area contributed by atoms with Crippen molar-refractivity contribution in [1.82, 2.24) is 4.90 Å². The standard InChI is InChI=1S/C11H15F2NO3/c12-11(13,6-15)5-14-9(16)7-3-1-2-4-8(7)10(14)17/h7-8,15H,1-6H2. The summed E-state index contributed by atoms with van der Waals surface area (Å²) in [6.45, 7) is -2.34. The van der Waals surface area contributed by atoms with Crippen molar-refractivity contribution < 1.29 is 23.5 Å². The molecule has 6 heteroatoms. The largest absolute Gasteiger partial charge is 0.390 e. The first kappa shape index (κ1) is 12.4. The van der Waals surface area contributed by atoms with E-state index in [-0.39, 0.29) is 0 Å². The van der Waals surface area contributed by atoms with Gasteiger partial charge in [-0.05, 0) is 12.8 Å². The second-order valence-corrected chi connectivity index (χ2v) is 4.77. The quantitative estimate of drug-likeness (QED) is 0.750. The molecule has 0 aromatic rings. The number of imide groups is 1. The summed E-state index contributed by atoms with van der Waals surface area (Å²) in [5.74, 6) is -5.21. The van der Waals surface area contributed by atoms with Crippen LogP contribution < -0.4 is 0 Å². The topological polar surface area (TPSA) is 57.6 Å². The molecule has 0 spiro atoms. The number of carbonyl (C=O) groups excluding carboxylic acids is 2. The van der Waals surface area contributed by atoms with Crippen LogP contribution >= 0.6 is 0 Å². The molecule has 2 amide bonds. The van der Waals surface area contributed by atoms with E-state index in [9.17, 15) is 18.4 Å². The minimum Gasteiger partial charge on any atom is -0.390 e. The van der Waals surface area contributed by atoms with Crippen molar-refractivity contribution >= 4 is 11.8 Å². The molecule has 96 valence electrons. The molecule has 2 fully saturated rings. The van der Waals surface area contributed by atoms with E-state index in [0.29, 0.717) is 17.7 Å². The fraction of sp³-hybridized carbons (Fsp3) is 0.818. The van der Waals surface area contributed by atoms with Crippen LogP contribution in [0, 0.1) is 11.8 Å². The summed E-state index contributed by atoms with van der Waals surface area (Å²) >= 11 is 0. The van der Waals surface area contributed by atoms with Crippen molar-refractivity contribution in [3.05, 3.63) is 0 Å². The van der Waals surface area contributed by atoms with Crippen molar-refractivity contribution in [3.8, 4) is 0 Å². The van der Waals surface area contributed by atoms with Gasteiger partial charge in [0.25, 0.3) is 5.92 Å². The van der Waals surface area contributed by atoms with E-state index in [4.69, 9.17) is 5.11 Å². The van der Waals surface area contributed by atoms with Crippen LogP contribution in [0.1, 0.15) is 25.7 Å². The van der Waals surface area contributed by atoms with Gasteiger partial charge in [0, 0.05) is 0 Å². The molecule has 17 heavy (non-hydrogen) atoms. The highest BCUT2D eigenvalue weighted by Crippen LogP contribution is 2.38. The maximum atomic E-state index is 13.0. The Kier molecular flexibility index (Phi) is 3.16. The fourth-order valence-electron chi connectivity index (χ4n) is 2.67. The van der Waals surface area contributed by atoms with Gasteiger partial charge >= 0.3 is 0 Å². The molecule has 1 heterocycles. The number of aliphatic hydroxyl groups is 1. The highest BCUT2D eigenvalue weighted by Gasteiger charge is 2.50. The predicted octanol–water partition coefficient (Wildman–Crippen LogP) is 0.789. The van der Waals surface area contributed by atoms with E-state index in [0.717, 1.165) is 12.8 Å². The Bertz CT molecular complexity index is 322. The second kappa shape index (κ2) is 4.33. The van der Waals surface area contributed by atoms with Crippen molar-refractivity contribution in [2.24, 2.45) is 11.8 Å². The Morgan fingerprint density at radius 2 is 1.65 bits per heavy atom. The summed E-state index contributed by atoms with van der Waals surface area (Å²) in [4.78, 5) is 24.3. The van der Waals surface area contributed by atoms with Crippen molar-refractivity contribution in [1.29, 1.82) is 0 Å². The number of carbonyl (C=O) groups is 2. The van der Waals surface area contributed by atoms with Crippen LogP contribution in [0.3, 0.4) is 0 Å². The lowest BCUT2D eigenvalue weighted by molar-refractivity contribution is -0.148. The van der Waals surface area contributed by atoms with Crippen molar-refractivity contribution in [3.63, 3.8) is 0 Å². The average molecular weight is 247 g/mol. The lowest BCUT2D eigenvalue weighted by atomic mass is 9.81. The molecular formula is C11H15F2NO3. The van der Waals surface area contributed by atoms with E-state index < -0.39 is 42.7 Å². The van der Waals surface area contributed by atoms with E-state index in [1.165, 1.54) is 0 Å². The Balaban J connectivity index is 2.13. The number of alkyl halides is 2. The van der Waals surface area contributed by atoms with Gasteiger partial charge in [0.2, 0.25) is 11.8 Å². The third-order valence-corrected chi connectivity index (χ3v) is 3.55. The van der Waals surface area contributed by atoms with Gasteiger partial charge in [-0.25, -0.2) is 8.78 Å². The Labute approximate surface area is 97.6 Å². The Morgan fingerprint density at radius 3 is 2.06 bits per heavy atom. The summed E-state index contributed by atoms with van der Waals surface area (Å²) in [5, 5.41) is 8.49. The number of rotatable bonds is 3. The molecule has 0 aromatic heterocycles. The maximum absolute atomic E-state index is 13.0. The number of aliphatic hydroxyl groups excluding tert-OH is 1. The number of nitrogens with zero attached hydrogens (tertiary/aromatic N) is 1. The number of halogens is 2. The molecule has 2 atom stereocenters. The normalized spacial score (nSPS) is 29.7. The zero-order valence-corrected chi connectivity index (χ0v) is 9.36. The summed E-state index contributed by atoms with van der Waals surface area (Å²) in [6, 6.07) is 0. The highest BCUT2D eigenvalue weighted by atomic mass is 19.3. The minimum absolute atomic E-state index is 0.411. The van der Waals surface area contributed by atoms with Gasteiger partial charge in [-0.1, -0.05) is 12.8 Å². The molecule has 2 unspecified atom stereocenters. The molecule has 0 aromatic carbocycles. The lowest BCUT2D eigenvalue weighted by Gasteiger charge is -2.20. The fourth-order valence-corrected chi connectivity index (χ4v) is 2.67. The first-order chi connectivity index (χ1) is 7.96. The molecule has 2 aliphatic rings. The van der Waals surface area contributed by atoms with Crippen LogP contribution in [0.5, 0.6) is 0 Å². The van der Waals surface area contributed by atoms with Crippen LogP contribution in [0.2, 0.25) is 0 Å². The van der Waals surface area contributed by atoms with Crippen molar-refractivity contribution in [2.45, 2.75) is 31.6 Å². The molecule has 0 radical (unpaired) electrons. The van der Waals surface area contributed by atoms with Gasteiger partial charge in [0.15, 0.2) is 0 Å². The van der Waals surface area contributed by atoms with Gasteiger partial charge < -0.3 is 5.11 Å². The SMILES string of the molecule is O=C1C2CCCCC2C(=O)N1CC(F)(F)CO. The van der Waals surface area contributed by atoms with E-state index in [1.54, 1.807) is 0 Å². The first-order valence-electron chi connectivity index (χ1n) is 5.80. The smallest absolute Gasteiger partial charge is 0.288 e. The maximum Gasteiger partial charge on any atom is 0.288 e. The van der Waals surface area contributed by atoms with Crippen LogP contribution in [0.25, 0.3) is 0 Å². The monoisotopic (exact) mass is 247 g/mol. The second-order valence-electron chi connectivity index (χ2n) is 4.77. The van der Waals surface area contributed by atoms with Gasteiger partial charge in [-0.2, -0.15) is 0 Å². The zero-order chi connectivity index (χ0) is 12.6. The molecule has 0 bridgehead atoms. The number of hydrogen-bond acceptors (Lipinski definition) is 3. The number of amides is 2. The van der Waals surface area contributed by atoms with E-state index in [1.807, 2.05) is 0 Å². The van der Waals surface area contributed by atoms with Gasteiger partial charge in [0.05, 0.1) is 18.4 Å². The molecular weight excluding hydrogens is 232 g/mol. The summed E-state index contributed by atoms with van der Waals surface area (Å²) in [7, 11) is 0. The van der Waals surface area contributed by atoms with E-state index in [2.05, 4.69) is 0 Å². The Morgan fingerprint density at radius 1 is 1.18 bits per heavy atom. The number of likely N-dealkylation sites (tertiary alicyclic amines) is 1. The molecule has 2 rings (SSSR count). The van der Waals surface area contributed by atoms with Gasteiger partial charge in [0.1, 0.15) is 6.61 Å². The third-order valence-electron chi connectivity index (χ3n) is 3.55. The molecule has 1 N–H and O–H groups in total. The predicted molar refractivity (Wildman–Crippen MR) is 54.2 cm³/mol. The van der Waals surface area contributed by atoms with Gasteiger partial charge in [-0.3, -0.25) is 14.5 Å². The van der Waals surface area contributed by atoms with Gasteiger partial charge in [-0.15, -0.1) is 0 Å².